The van der Waals surface area contributed by atoms with Gasteiger partial charge in [-0.25, -0.2) is 0 Å². The van der Waals surface area contributed by atoms with E-state index in [0.29, 0.717) is 47.6 Å². The maximum atomic E-state index is 13.2. The van der Waals surface area contributed by atoms with E-state index in [4.69, 9.17) is 16.6 Å². The van der Waals surface area contributed by atoms with Gasteiger partial charge in [0.05, 0.1) is 18.6 Å². The Hall–Kier alpha value is -4.48. The third-order valence-corrected chi connectivity index (χ3v) is 10.3. The van der Waals surface area contributed by atoms with E-state index < -0.39 is 6.04 Å². The molecule has 0 fully saturated rings. The summed E-state index contributed by atoms with van der Waals surface area (Å²) in [5, 5.41) is 16.5. The number of unbranched alkanes of at least 4 members (excludes halogenated alkanes) is 5. The maximum Gasteiger partial charge on any atom is 0.224 e. The van der Waals surface area contributed by atoms with Crippen molar-refractivity contribution < 1.29 is 19.2 Å². The van der Waals surface area contributed by atoms with Crippen LogP contribution >= 0.6 is 22.9 Å². The molecule has 0 saturated heterocycles. The quantitative estimate of drug-likeness (QED) is 0.0995. The van der Waals surface area contributed by atoms with E-state index in [-0.39, 0.29) is 30.2 Å². The summed E-state index contributed by atoms with van der Waals surface area (Å²) in [5.74, 6) is 1.17. The van der Waals surface area contributed by atoms with E-state index in [1.807, 2.05) is 35.8 Å². The Labute approximate surface area is 295 Å². The first-order chi connectivity index (χ1) is 23.7. The van der Waals surface area contributed by atoms with Crippen molar-refractivity contribution >= 4 is 53.0 Å². The van der Waals surface area contributed by atoms with Crippen LogP contribution in [-0.4, -0.2) is 58.0 Å². The first-order valence-corrected chi connectivity index (χ1v) is 17.8. The number of thiophene rings is 1. The molecule has 4 aromatic rings. The topological polar surface area (TPSA) is 135 Å². The molecule has 0 radical (unpaired) electrons. The molecule has 12 heteroatoms. The number of nitrogens with one attached hydrogen (secondary N) is 2. The Balaban J connectivity index is 1.06. The normalized spacial score (nSPS) is 13.6. The number of aromatic nitrogens is 3. The molecule has 10 nitrogen and oxygen atoms in total. The van der Waals surface area contributed by atoms with Crippen LogP contribution < -0.4 is 10.6 Å². The van der Waals surface area contributed by atoms with Crippen LogP contribution in [-0.2, 0) is 16.0 Å². The second-order valence-corrected chi connectivity index (χ2v) is 13.9. The van der Waals surface area contributed by atoms with Gasteiger partial charge < -0.3 is 10.6 Å². The van der Waals surface area contributed by atoms with Crippen LogP contribution in [0.4, 0.5) is 0 Å². The predicted molar refractivity (Wildman–Crippen MR) is 193 cm³/mol. The number of aliphatic imine (C=N–C) groups is 1. The molecule has 1 aliphatic heterocycles. The molecule has 3 heterocycles. The molecule has 0 aliphatic carbocycles. The van der Waals surface area contributed by atoms with Crippen LogP contribution in [0.5, 0.6) is 0 Å². The summed E-state index contributed by atoms with van der Waals surface area (Å²) < 4.78 is 2.05. The Kier molecular flexibility index (Phi) is 12.2. The summed E-state index contributed by atoms with van der Waals surface area (Å²) in [6.07, 6.45) is 7.23. The summed E-state index contributed by atoms with van der Waals surface area (Å²) in [6, 6.07) is 12.1. The van der Waals surface area contributed by atoms with Crippen molar-refractivity contribution in [1.29, 1.82) is 0 Å². The van der Waals surface area contributed by atoms with E-state index in [1.165, 1.54) is 4.88 Å². The fraction of sp³-hybridized carbons (Fsp3) is 0.378. The van der Waals surface area contributed by atoms with Crippen LogP contribution in [0.15, 0.2) is 47.5 Å². The number of rotatable bonds is 16. The van der Waals surface area contributed by atoms with Crippen LogP contribution in [0.25, 0.3) is 5.00 Å². The zero-order chi connectivity index (χ0) is 34.9. The maximum absolute atomic E-state index is 13.2. The highest BCUT2D eigenvalue weighted by Gasteiger charge is 2.32. The van der Waals surface area contributed by atoms with Crippen molar-refractivity contribution in [3.05, 3.63) is 97.4 Å². The number of carbonyl (C=O) groups excluding carboxylic acids is 4. The van der Waals surface area contributed by atoms with Crippen molar-refractivity contribution in [2.45, 2.75) is 78.2 Å². The van der Waals surface area contributed by atoms with Crippen molar-refractivity contribution in [2.24, 2.45) is 4.99 Å². The van der Waals surface area contributed by atoms with E-state index in [0.717, 1.165) is 71.8 Å². The summed E-state index contributed by atoms with van der Waals surface area (Å²) in [4.78, 5) is 54.4. The van der Waals surface area contributed by atoms with Gasteiger partial charge in [0.25, 0.3) is 0 Å². The zero-order valence-corrected chi connectivity index (χ0v) is 29.6. The van der Waals surface area contributed by atoms with Gasteiger partial charge in [-0.2, -0.15) is 0 Å². The molecule has 2 aromatic heterocycles. The molecule has 0 spiro atoms. The molecule has 0 bridgehead atoms. The zero-order valence-electron chi connectivity index (χ0n) is 28.1. The second kappa shape index (κ2) is 16.8. The average Bonchev–Trinajstić information content (AvgIpc) is 3.57. The standard InChI is InChI=1S/C37H41ClN6O4S/c1-23-24(2)49-37-34(23)35(26-13-15-29(38)16-14-26)41-31(36-43-42-25(3)44(36)37)20-33(48)40-18-9-7-5-4-6-8-17-39-32(47)19-27-11-10-12-28(21-45)30(27)22-46/h10-16,21-22,31H,4-9,17-20H2,1-3H3,(H,39,47)(H,40,48)/t31-/m0/s1. The molecule has 0 saturated carbocycles. The first-order valence-electron chi connectivity index (χ1n) is 16.6. The number of amides is 2. The van der Waals surface area contributed by atoms with Gasteiger partial charge in [0, 0.05) is 45.2 Å². The van der Waals surface area contributed by atoms with Crippen molar-refractivity contribution in [3.63, 3.8) is 0 Å². The molecule has 1 aliphatic rings. The molecular formula is C37H41ClN6O4S. The van der Waals surface area contributed by atoms with Gasteiger partial charge in [-0.15, -0.1) is 21.5 Å². The van der Waals surface area contributed by atoms with Crippen molar-refractivity contribution in [1.82, 2.24) is 25.4 Å². The third-order valence-electron chi connectivity index (χ3n) is 8.81. The van der Waals surface area contributed by atoms with Crippen molar-refractivity contribution in [3.8, 4) is 5.00 Å². The molecule has 0 unspecified atom stereocenters. The van der Waals surface area contributed by atoms with Gasteiger partial charge in [-0.3, -0.25) is 28.7 Å². The minimum atomic E-state index is -0.500. The molecule has 2 N–H and O–H groups in total. The first kappa shape index (κ1) is 35.8. The molecular weight excluding hydrogens is 660 g/mol. The van der Waals surface area contributed by atoms with Crippen LogP contribution in [0, 0.1) is 20.8 Å². The Morgan fingerprint density at radius 2 is 1.55 bits per heavy atom. The number of aldehydes is 2. The lowest BCUT2D eigenvalue weighted by atomic mass is 9.99. The van der Waals surface area contributed by atoms with Gasteiger partial charge >= 0.3 is 0 Å². The number of hydrogen-bond donors (Lipinski definition) is 2. The fourth-order valence-corrected chi connectivity index (χ4v) is 7.40. The number of aryl methyl sites for hydroxylation is 2. The molecule has 1 atom stereocenters. The third kappa shape index (κ3) is 8.58. The highest BCUT2D eigenvalue weighted by Crippen LogP contribution is 2.39. The lowest BCUT2D eigenvalue weighted by Crippen LogP contribution is -2.26. The van der Waals surface area contributed by atoms with Crippen LogP contribution in [0.3, 0.4) is 0 Å². The summed E-state index contributed by atoms with van der Waals surface area (Å²) in [5.41, 5.74) is 5.06. The Morgan fingerprint density at radius 3 is 2.22 bits per heavy atom. The van der Waals surface area contributed by atoms with E-state index >= 15 is 0 Å². The summed E-state index contributed by atoms with van der Waals surface area (Å²) in [6.45, 7) is 7.27. The summed E-state index contributed by atoms with van der Waals surface area (Å²) >= 11 is 7.89. The smallest absolute Gasteiger partial charge is 0.224 e. The van der Waals surface area contributed by atoms with Gasteiger partial charge in [0.1, 0.15) is 16.9 Å². The molecule has 2 aromatic carbocycles. The largest absolute Gasteiger partial charge is 0.356 e. The highest BCUT2D eigenvalue weighted by molar-refractivity contribution is 7.15. The second-order valence-electron chi connectivity index (χ2n) is 12.3. The average molecular weight is 701 g/mol. The van der Waals surface area contributed by atoms with Gasteiger partial charge in [0.2, 0.25) is 11.8 Å². The van der Waals surface area contributed by atoms with Crippen molar-refractivity contribution in [2.75, 3.05) is 13.1 Å². The molecule has 256 valence electrons. The lowest BCUT2D eigenvalue weighted by Gasteiger charge is -2.13. The molecule has 5 rings (SSSR count). The monoisotopic (exact) mass is 700 g/mol. The number of fused-ring (bicyclic) bond motifs is 3. The number of nitrogens with zero attached hydrogens (tertiary/aromatic N) is 4. The Bertz CT molecular complexity index is 1860. The number of hydrogen-bond acceptors (Lipinski definition) is 8. The number of halogens is 1. The van der Waals surface area contributed by atoms with Crippen LogP contribution in [0.1, 0.15) is 110 Å². The lowest BCUT2D eigenvalue weighted by molar-refractivity contribution is -0.122. The molecule has 49 heavy (non-hydrogen) atoms. The van der Waals surface area contributed by atoms with Gasteiger partial charge in [0.15, 0.2) is 18.4 Å². The van der Waals surface area contributed by atoms with Gasteiger partial charge in [-0.05, 0) is 56.9 Å². The Morgan fingerprint density at radius 1 is 0.878 bits per heavy atom. The van der Waals surface area contributed by atoms with E-state index in [1.54, 1.807) is 29.5 Å². The van der Waals surface area contributed by atoms with Crippen LogP contribution in [0.2, 0.25) is 5.02 Å². The fourth-order valence-electron chi connectivity index (χ4n) is 6.06. The van der Waals surface area contributed by atoms with Gasteiger partial charge in [-0.1, -0.05) is 67.6 Å². The number of carbonyl (C=O) groups is 4. The van der Waals surface area contributed by atoms with E-state index in [2.05, 4.69) is 34.7 Å². The SMILES string of the molecule is Cc1sc2c(c1C)C(c1ccc(Cl)cc1)=N[C@@H](CC(=O)NCCCCCCCCNC(=O)Cc1cccc(C=O)c1C=O)c1nnc(C)n1-2. The minimum Gasteiger partial charge on any atom is -0.356 e. The predicted octanol–water partition coefficient (Wildman–Crippen LogP) is 6.63. The number of benzene rings is 2. The minimum absolute atomic E-state index is 0.0621. The summed E-state index contributed by atoms with van der Waals surface area (Å²) in [7, 11) is 0. The highest BCUT2D eigenvalue weighted by atomic mass is 35.5. The molecule has 2 amide bonds. The van der Waals surface area contributed by atoms with E-state index in [9.17, 15) is 19.2 Å².